The van der Waals surface area contributed by atoms with Crippen LogP contribution in [0.2, 0.25) is 0 Å². The van der Waals surface area contributed by atoms with Gasteiger partial charge in [-0.2, -0.15) is 0 Å². The molecular weight excluding hydrogens is 356 g/mol. The predicted octanol–water partition coefficient (Wildman–Crippen LogP) is 4.73. The van der Waals surface area contributed by atoms with Crippen molar-refractivity contribution in [2.75, 3.05) is 13.7 Å². The van der Waals surface area contributed by atoms with Crippen molar-refractivity contribution < 1.29 is 18.7 Å². The Kier molecular flexibility index (Phi) is 6.22. The molecule has 0 bridgehead atoms. The Hall–Kier alpha value is -3.41. The van der Waals surface area contributed by atoms with Gasteiger partial charge in [-0.05, 0) is 37.1 Å². The van der Waals surface area contributed by atoms with Crippen LogP contribution in [0.1, 0.15) is 24.5 Å². The maximum absolute atomic E-state index is 12.1. The highest BCUT2D eigenvalue weighted by Gasteiger charge is 2.15. The van der Waals surface area contributed by atoms with Crippen LogP contribution in [-0.2, 0) is 9.53 Å². The second kappa shape index (κ2) is 8.99. The number of carbonyl (C=O) groups excluding carboxylic acids is 1. The average molecular weight is 378 g/mol. The topological polar surface area (TPSA) is 73.9 Å². The highest BCUT2D eigenvalue weighted by Crippen LogP contribution is 2.33. The zero-order valence-electron chi connectivity index (χ0n) is 16.1. The standard InChI is InChI=1S/C22H22N2O4/c1-4-27-22(25)12-19(17-8-6-5-7-15(17)2)24-16-9-10-18(20(11-16)26-3)21-13-23-14-28-21/h5-11,13-14H,4,12H2,1-3H3. The Morgan fingerprint density at radius 1 is 1.21 bits per heavy atom. The lowest BCUT2D eigenvalue weighted by Gasteiger charge is -2.11. The molecule has 3 rings (SSSR count). The van der Waals surface area contributed by atoms with Gasteiger partial charge in [-0.25, -0.2) is 4.98 Å². The lowest BCUT2D eigenvalue weighted by Crippen LogP contribution is -2.13. The Bertz CT molecular complexity index is 978. The number of ether oxygens (including phenoxy) is 2. The number of methoxy groups -OCH3 is 1. The molecule has 2 aromatic carbocycles. The number of esters is 1. The molecule has 0 fully saturated rings. The number of aromatic nitrogens is 1. The summed E-state index contributed by atoms with van der Waals surface area (Å²) < 4.78 is 16.0. The van der Waals surface area contributed by atoms with Crippen molar-refractivity contribution in [3.8, 4) is 17.1 Å². The van der Waals surface area contributed by atoms with E-state index in [1.54, 1.807) is 26.3 Å². The molecule has 0 spiro atoms. The normalized spacial score (nSPS) is 11.3. The second-order valence-electron chi connectivity index (χ2n) is 6.11. The molecule has 0 amide bonds. The predicted molar refractivity (Wildman–Crippen MR) is 107 cm³/mol. The summed E-state index contributed by atoms with van der Waals surface area (Å²) in [5.41, 5.74) is 4.04. The summed E-state index contributed by atoms with van der Waals surface area (Å²) in [4.78, 5) is 20.8. The molecule has 6 heteroatoms. The van der Waals surface area contributed by atoms with E-state index in [0.29, 0.717) is 29.5 Å². The minimum absolute atomic E-state index is 0.0882. The first-order valence-electron chi connectivity index (χ1n) is 8.98. The molecule has 0 saturated carbocycles. The van der Waals surface area contributed by atoms with Gasteiger partial charge in [0, 0.05) is 6.07 Å². The van der Waals surface area contributed by atoms with E-state index in [1.807, 2.05) is 43.3 Å². The first-order chi connectivity index (χ1) is 13.6. The van der Waals surface area contributed by atoms with Gasteiger partial charge in [-0.3, -0.25) is 9.79 Å². The van der Waals surface area contributed by atoms with Crippen molar-refractivity contribution >= 4 is 17.4 Å². The summed E-state index contributed by atoms with van der Waals surface area (Å²) in [7, 11) is 1.59. The van der Waals surface area contributed by atoms with E-state index in [4.69, 9.17) is 18.9 Å². The highest BCUT2D eigenvalue weighted by molar-refractivity contribution is 6.11. The van der Waals surface area contributed by atoms with Crippen molar-refractivity contribution in [2.24, 2.45) is 4.99 Å². The van der Waals surface area contributed by atoms with Crippen LogP contribution in [0.4, 0.5) is 5.69 Å². The van der Waals surface area contributed by atoms with Crippen molar-refractivity contribution in [3.63, 3.8) is 0 Å². The third-order valence-corrected chi connectivity index (χ3v) is 4.22. The van der Waals surface area contributed by atoms with Gasteiger partial charge in [0.05, 0.1) is 43.3 Å². The van der Waals surface area contributed by atoms with E-state index >= 15 is 0 Å². The molecule has 0 N–H and O–H groups in total. The summed E-state index contributed by atoms with van der Waals surface area (Å²) in [5, 5.41) is 0. The Balaban J connectivity index is 2.02. The fraction of sp³-hybridized carbons (Fsp3) is 0.227. The number of hydrogen-bond donors (Lipinski definition) is 0. The Labute approximate surface area is 163 Å². The molecule has 0 radical (unpaired) electrons. The molecule has 1 aromatic heterocycles. The number of carbonyl (C=O) groups is 1. The molecule has 3 aromatic rings. The van der Waals surface area contributed by atoms with E-state index in [9.17, 15) is 4.79 Å². The fourth-order valence-corrected chi connectivity index (χ4v) is 2.90. The average Bonchev–Trinajstić information content (AvgIpc) is 3.22. The first kappa shape index (κ1) is 19.4. The van der Waals surface area contributed by atoms with Gasteiger partial charge in [0.1, 0.15) is 5.75 Å². The zero-order chi connectivity index (χ0) is 19.9. The summed E-state index contributed by atoms with van der Waals surface area (Å²) in [6.45, 7) is 4.11. The van der Waals surface area contributed by atoms with Crippen LogP contribution in [0.5, 0.6) is 5.75 Å². The molecule has 0 aliphatic heterocycles. The van der Waals surface area contributed by atoms with Crippen LogP contribution in [0.25, 0.3) is 11.3 Å². The number of rotatable bonds is 7. The molecule has 0 unspecified atom stereocenters. The summed E-state index contributed by atoms with van der Waals surface area (Å²) in [6.07, 6.45) is 3.08. The van der Waals surface area contributed by atoms with Crippen molar-refractivity contribution in [1.82, 2.24) is 4.98 Å². The highest BCUT2D eigenvalue weighted by atomic mass is 16.5. The fourth-order valence-electron chi connectivity index (χ4n) is 2.90. The number of aryl methyl sites for hydroxylation is 1. The smallest absolute Gasteiger partial charge is 0.311 e. The molecule has 0 atom stereocenters. The Morgan fingerprint density at radius 2 is 2.04 bits per heavy atom. The number of benzene rings is 2. The van der Waals surface area contributed by atoms with Gasteiger partial charge < -0.3 is 13.9 Å². The van der Waals surface area contributed by atoms with E-state index in [-0.39, 0.29) is 12.4 Å². The summed E-state index contributed by atoms with van der Waals surface area (Å²) in [6, 6.07) is 13.3. The van der Waals surface area contributed by atoms with Gasteiger partial charge in [-0.1, -0.05) is 24.3 Å². The summed E-state index contributed by atoms with van der Waals surface area (Å²) >= 11 is 0. The van der Waals surface area contributed by atoms with Gasteiger partial charge in [0.15, 0.2) is 12.2 Å². The van der Waals surface area contributed by atoms with Crippen LogP contribution in [0.3, 0.4) is 0 Å². The lowest BCUT2D eigenvalue weighted by atomic mass is 10.0. The van der Waals surface area contributed by atoms with E-state index < -0.39 is 0 Å². The third-order valence-electron chi connectivity index (χ3n) is 4.22. The van der Waals surface area contributed by atoms with Crippen LogP contribution in [0, 0.1) is 6.92 Å². The molecular formula is C22H22N2O4. The number of oxazole rings is 1. The molecule has 28 heavy (non-hydrogen) atoms. The first-order valence-corrected chi connectivity index (χ1v) is 8.98. The van der Waals surface area contributed by atoms with Crippen molar-refractivity contribution in [3.05, 3.63) is 66.2 Å². The van der Waals surface area contributed by atoms with Crippen LogP contribution < -0.4 is 4.74 Å². The largest absolute Gasteiger partial charge is 0.496 e. The van der Waals surface area contributed by atoms with Crippen molar-refractivity contribution in [2.45, 2.75) is 20.3 Å². The molecule has 1 heterocycles. The lowest BCUT2D eigenvalue weighted by molar-refractivity contribution is -0.141. The van der Waals surface area contributed by atoms with Crippen LogP contribution in [-0.4, -0.2) is 30.4 Å². The van der Waals surface area contributed by atoms with Gasteiger partial charge in [-0.15, -0.1) is 0 Å². The van der Waals surface area contributed by atoms with Gasteiger partial charge in [0.25, 0.3) is 0 Å². The molecule has 0 aliphatic carbocycles. The molecule has 6 nitrogen and oxygen atoms in total. The quantitative estimate of drug-likeness (QED) is 0.439. The van der Waals surface area contributed by atoms with E-state index in [1.165, 1.54) is 6.39 Å². The zero-order valence-corrected chi connectivity index (χ0v) is 16.1. The van der Waals surface area contributed by atoms with Gasteiger partial charge >= 0.3 is 5.97 Å². The Morgan fingerprint density at radius 3 is 2.71 bits per heavy atom. The maximum atomic E-state index is 12.1. The SMILES string of the molecule is CCOC(=O)CC(=Nc1ccc(-c2cnco2)c(OC)c1)c1ccccc1C. The minimum atomic E-state index is -0.310. The molecule has 0 aliphatic rings. The second-order valence-corrected chi connectivity index (χ2v) is 6.11. The number of aliphatic imine (C=N–C) groups is 1. The van der Waals surface area contributed by atoms with E-state index in [0.717, 1.165) is 16.7 Å². The maximum Gasteiger partial charge on any atom is 0.311 e. The molecule has 144 valence electrons. The van der Waals surface area contributed by atoms with Crippen molar-refractivity contribution in [1.29, 1.82) is 0 Å². The number of hydrogen-bond acceptors (Lipinski definition) is 6. The van der Waals surface area contributed by atoms with E-state index in [2.05, 4.69) is 4.98 Å². The number of nitrogens with zero attached hydrogens (tertiary/aromatic N) is 2. The monoisotopic (exact) mass is 378 g/mol. The molecule has 0 saturated heterocycles. The van der Waals surface area contributed by atoms with Crippen LogP contribution >= 0.6 is 0 Å². The van der Waals surface area contributed by atoms with Crippen LogP contribution in [0.15, 0.2) is 64.5 Å². The van der Waals surface area contributed by atoms with Gasteiger partial charge in [0.2, 0.25) is 0 Å². The third kappa shape index (κ3) is 4.46. The summed E-state index contributed by atoms with van der Waals surface area (Å²) in [5.74, 6) is 0.908. The minimum Gasteiger partial charge on any atom is -0.496 e.